The second-order valence-electron chi connectivity index (χ2n) is 4.85. The third-order valence-corrected chi connectivity index (χ3v) is 5.24. The lowest BCUT2D eigenvalue weighted by Gasteiger charge is -2.12. The predicted octanol–water partition coefficient (Wildman–Crippen LogP) is 3.56. The third kappa shape index (κ3) is 4.59. The van der Waals surface area contributed by atoms with Crippen LogP contribution in [-0.4, -0.2) is 26.4 Å². The average Bonchev–Trinajstić information content (AvgIpc) is 2.98. The Hall–Kier alpha value is -1.83. The number of amides is 1. The molecule has 0 bridgehead atoms. The fraction of sp³-hybridized carbons (Fsp3) is 0.200. The first-order valence-corrected chi connectivity index (χ1v) is 8.87. The van der Waals surface area contributed by atoms with Crippen molar-refractivity contribution >= 4 is 51.6 Å². The zero-order valence-corrected chi connectivity index (χ0v) is 14.7. The van der Waals surface area contributed by atoms with Gasteiger partial charge in [0.15, 0.2) is 0 Å². The number of benzene rings is 1. The van der Waals surface area contributed by atoms with E-state index in [1.54, 1.807) is 6.07 Å². The summed E-state index contributed by atoms with van der Waals surface area (Å²) < 4.78 is 17.3. The van der Waals surface area contributed by atoms with Gasteiger partial charge in [0, 0.05) is 15.8 Å². The third-order valence-electron chi connectivity index (χ3n) is 3.11. The Morgan fingerprint density at radius 2 is 2.00 bits per heavy atom. The summed E-state index contributed by atoms with van der Waals surface area (Å²) in [4.78, 5) is 22.9. The molecular weight excluding hydrogens is 377 g/mol. The molecule has 2 unspecified atom stereocenters. The highest BCUT2D eigenvalue weighted by atomic mass is 35.5. The summed E-state index contributed by atoms with van der Waals surface area (Å²) in [5.74, 6) is -1.81. The number of hydrogen-bond acceptors (Lipinski definition) is 4. The fourth-order valence-corrected chi connectivity index (χ4v) is 3.10. The molecule has 2 atom stereocenters. The number of carboxylic acid groups (broad SMARTS) is 1. The number of carbonyl (C=O) groups excluding carboxylic acids is 1. The molecule has 1 amide bonds. The van der Waals surface area contributed by atoms with Gasteiger partial charge in [0.1, 0.15) is 11.0 Å². The van der Waals surface area contributed by atoms with E-state index < -0.39 is 27.9 Å². The largest absolute Gasteiger partial charge is 0.475 e. The molecule has 0 fully saturated rings. The molecule has 0 saturated heterocycles. The Bertz CT molecular complexity index is 805. The van der Waals surface area contributed by atoms with E-state index in [0.29, 0.717) is 15.7 Å². The highest BCUT2D eigenvalue weighted by Crippen LogP contribution is 2.25. The SMILES string of the molecule is CC(C(=O)Nc1cc(Cl)ccc1Cl)S(=O)Cc1ccc(C(=O)O)o1. The summed E-state index contributed by atoms with van der Waals surface area (Å²) in [5.41, 5.74) is 0.323. The molecule has 0 saturated carbocycles. The van der Waals surface area contributed by atoms with E-state index in [9.17, 15) is 13.8 Å². The molecule has 2 rings (SSSR count). The van der Waals surface area contributed by atoms with E-state index in [2.05, 4.69) is 5.32 Å². The minimum Gasteiger partial charge on any atom is -0.475 e. The molecule has 1 heterocycles. The predicted molar refractivity (Wildman–Crippen MR) is 92.1 cm³/mol. The van der Waals surface area contributed by atoms with Crippen molar-refractivity contribution in [3.8, 4) is 0 Å². The summed E-state index contributed by atoms with van der Waals surface area (Å²) in [6, 6.07) is 7.30. The molecule has 2 N–H and O–H groups in total. The van der Waals surface area contributed by atoms with E-state index in [1.807, 2.05) is 0 Å². The van der Waals surface area contributed by atoms with Gasteiger partial charge in [0.05, 0.1) is 16.5 Å². The van der Waals surface area contributed by atoms with E-state index in [1.165, 1.54) is 31.2 Å². The summed E-state index contributed by atoms with van der Waals surface area (Å²) in [6.07, 6.45) is 0. The van der Waals surface area contributed by atoms with Crippen LogP contribution in [0.3, 0.4) is 0 Å². The molecule has 0 radical (unpaired) electrons. The maximum absolute atomic E-state index is 12.3. The topological polar surface area (TPSA) is 96.6 Å². The van der Waals surface area contributed by atoms with Crippen molar-refractivity contribution in [3.05, 3.63) is 51.9 Å². The standard InChI is InChI=1S/C15H13Cl2NO5S/c1-8(14(19)18-12-6-9(16)2-4-11(12)17)24(22)7-10-3-5-13(23-10)15(20)21/h2-6,8H,7H2,1H3,(H,18,19)(H,20,21). The normalized spacial score (nSPS) is 13.3. The average molecular weight is 390 g/mol. The minimum absolute atomic E-state index is 0.0782. The van der Waals surface area contributed by atoms with Crippen LogP contribution in [0.2, 0.25) is 10.0 Å². The zero-order chi connectivity index (χ0) is 17.9. The first-order valence-electron chi connectivity index (χ1n) is 6.73. The number of hydrogen-bond donors (Lipinski definition) is 2. The van der Waals surface area contributed by atoms with Crippen LogP contribution in [0.15, 0.2) is 34.7 Å². The Morgan fingerprint density at radius 1 is 1.29 bits per heavy atom. The first kappa shape index (κ1) is 18.5. The molecule has 6 nitrogen and oxygen atoms in total. The molecule has 9 heteroatoms. The van der Waals surface area contributed by atoms with Crippen LogP contribution in [0.25, 0.3) is 0 Å². The number of rotatable bonds is 6. The summed E-state index contributed by atoms with van der Waals surface area (Å²) >= 11 is 11.8. The van der Waals surface area contributed by atoms with Crippen molar-refractivity contribution in [3.63, 3.8) is 0 Å². The molecule has 0 aliphatic rings. The summed E-state index contributed by atoms with van der Waals surface area (Å²) in [5, 5.41) is 11.2. The van der Waals surface area contributed by atoms with Gasteiger partial charge in [0.2, 0.25) is 11.7 Å². The Kier molecular flexibility index (Phi) is 6.04. The Labute approximate surface area is 150 Å². The zero-order valence-electron chi connectivity index (χ0n) is 12.4. The second-order valence-corrected chi connectivity index (χ2v) is 7.45. The maximum atomic E-state index is 12.3. The molecular formula is C15H13Cl2NO5S. The van der Waals surface area contributed by atoms with E-state index >= 15 is 0 Å². The van der Waals surface area contributed by atoms with Crippen LogP contribution in [-0.2, 0) is 21.3 Å². The molecule has 24 heavy (non-hydrogen) atoms. The molecule has 1 aromatic heterocycles. The van der Waals surface area contributed by atoms with Crippen LogP contribution in [0.5, 0.6) is 0 Å². The van der Waals surface area contributed by atoms with Gasteiger partial charge < -0.3 is 14.8 Å². The van der Waals surface area contributed by atoms with Crippen LogP contribution < -0.4 is 5.32 Å². The number of carbonyl (C=O) groups is 2. The van der Waals surface area contributed by atoms with Gasteiger partial charge in [-0.3, -0.25) is 9.00 Å². The van der Waals surface area contributed by atoms with Gasteiger partial charge in [-0.05, 0) is 37.3 Å². The number of nitrogens with one attached hydrogen (secondary N) is 1. The van der Waals surface area contributed by atoms with Crippen molar-refractivity contribution in [2.45, 2.75) is 17.9 Å². The molecule has 0 spiro atoms. The number of halogens is 2. The van der Waals surface area contributed by atoms with E-state index in [-0.39, 0.29) is 17.3 Å². The Balaban J connectivity index is 2.02. The van der Waals surface area contributed by atoms with Crippen LogP contribution in [0.4, 0.5) is 5.69 Å². The van der Waals surface area contributed by atoms with Crippen LogP contribution in [0, 0.1) is 0 Å². The molecule has 0 aliphatic carbocycles. The van der Waals surface area contributed by atoms with Gasteiger partial charge in [-0.1, -0.05) is 23.2 Å². The van der Waals surface area contributed by atoms with Crippen molar-refractivity contribution in [1.82, 2.24) is 0 Å². The van der Waals surface area contributed by atoms with Crippen molar-refractivity contribution in [1.29, 1.82) is 0 Å². The van der Waals surface area contributed by atoms with E-state index in [0.717, 1.165) is 0 Å². The molecule has 2 aromatic rings. The fourth-order valence-electron chi connectivity index (χ4n) is 1.78. The van der Waals surface area contributed by atoms with E-state index in [4.69, 9.17) is 32.7 Å². The Morgan fingerprint density at radius 3 is 2.62 bits per heavy atom. The molecule has 128 valence electrons. The van der Waals surface area contributed by atoms with Crippen molar-refractivity contribution < 1.29 is 23.3 Å². The van der Waals surface area contributed by atoms with Crippen LogP contribution in [0.1, 0.15) is 23.2 Å². The lowest BCUT2D eigenvalue weighted by atomic mass is 10.3. The summed E-state index contributed by atoms with van der Waals surface area (Å²) in [6.45, 7) is 1.49. The number of furan rings is 1. The van der Waals surface area contributed by atoms with Crippen molar-refractivity contribution in [2.24, 2.45) is 0 Å². The second kappa shape index (κ2) is 7.83. The highest BCUT2D eigenvalue weighted by Gasteiger charge is 2.22. The number of anilines is 1. The van der Waals surface area contributed by atoms with Gasteiger partial charge in [-0.15, -0.1) is 0 Å². The lowest BCUT2D eigenvalue weighted by molar-refractivity contribution is -0.115. The smallest absolute Gasteiger partial charge is 0.371 e. The van der Waals surface area contributed by atoms with Crippen molar-refractivity contribution in [2.75, 3.05) is 5.32 Å². The van der Waals surface area contributed by atoms with Gasteiger partial charge in [-0.25, -0.2) is 4.79 Å². The monoisotopic (exact) mass is 389 g/mol. The van der Waals surface area contributed by atoms with Gasteiger partial charge in [-0.2, -0.15) is 0 Å². The highest BCUT2D eigenvalue weighted by molar-refractivity contribution is 7.85. The van der Waals surface area contributed by atoms with Gasteiger partial charge in [0.25, 0.3) is 0 Å². The number of carboxylic acids is 1. The lowest BCUT2D eigenvalue weighted by Crippen LogP contribution is -2.29. The van der Waals surface area contributed by atoms with Gasteiger partial charge >= 0.3 is 5.97 Å². The number of aromatic carboxylic acids is 1. The summed E-state index contributed by atoms with van der Waals surface area (Å²) in [7, 11) is -1.61. The maximum Gasteiger partial charge on any atom is 0.371 e. The van der Waals surface area contributed by atoms with Crippen LogP contribution >= 0.6 is 23.2 Å². The molecule has 1 aromatic carbocycles. The minimum atomic E-state index is -1.61. The first-order chi connectivity index (χ1) is 11.3. The molecule has 0 aliphatic heterocycles. The quantitative estimate of drug-likeness (QED) is 0.786.